The van der Waals surface area contributed by atoms with Crippen molar-refractivity contribution in [3.8, 4) is 0 Å². The summed E-state index contributed by atoms with van der Waals surface area (Å²) in [7, 11) is 0. The molecule has 112 valence electrons. The Bertz CT molecular complexity index is 797. The molecule has 0 radical (unpaired) electrons. The van der Waals surface area contributed by atoms with Crippen LogP contribution in [0.4, 0.5) is 0 Å². The van der Waals surface area contributed by atoms with Gasteiger partial charge in [0.2, 0.25) is 0 Å². The number of nitrogens with one attached hydrogen (secondary N) is 1. The number of hydrogen-bond acceptors (Lipinski definition) is 2. The van der Waals surface area contributed by atoms with Crippen molar-refractivity contribution in [2.45, 2.75) is 25.9 Å². The lowest BCUT2D eigenvalue weighted by Gasteiger charge is -2.10. The van der Waals surface area contributed by atoms with Gasteiger partial charge in [0.15, 0.2) is 5.58 Å². The molecule has 0 unspecified atom stereocenters. The van der Waals surface area contributed by atoms with Gasteiger partial charge in [0, 0.05) is 25.2 Å². The lowest BCUT2D eigenvalue weighted by molar-refractivity contribution is 0.0941. The third-order valence-electron chi connectivity index (χ3n) is 4.19. The van der Waals surface area contributed by atoms with Crippen molar-refractivity contribution >= 4 is 17.0 Å². The molecule has 4 nitrogen and oxygen atoms in total. The topological polar surface area (TPSA) is 47.2 Å². The minimum Gasteiger partial charge on any atom is -0.463 e. The zero-order valence-corrected chi connectivity index (χ0v) is 12.3. The highest BCUT2D eigenvalue weighted by Gasteiger charge is 2.26. The number of rotatable bonds is 5. The van der Waals surface area contributed by atoms with Gasteiger partial charge in [0.25, 0.3) is 5.91 Å². The number of carbonyl (C=O) groups is 1. The number of furan rings is 1. The molecule has 1 saturated carbocycles. The van der Waals surface area contributed by atoms with E-state index in [-0.39, 0.29) is 5.91 Å². The van der Waals surface area contributed by atoms with Crippen LogP contribution in [-0.4, -0.2) is 10.5 Å². The molecule has 4 heteroatoms. The number of aromatic nitrogens is 1. The Morgan fingerprint density at radius 3 is 2.82 bits per heavy atom. The van der Waals surface area contributed by atoms with E-state index in [4.69, 9.17) is 4.42 Å². The zero-order valence-electron chi connectivity index (χ0n) is 12.3. The molecule has 1 fully saturated rings. The van der Waals surface area contributed by atoms with Crippen molar-refractivity contribution in [2.75, 3.05) is 0 Å². The first kappa shape index (κ1) is 13.2. The summed E-state index contributed by atoms with van der Waals surface area (Å²) in [5.41, 5.74) is 3.58. The fourth-order valence-corrected chi connectivity index (χ4v) is 2.79. The van der Waals surface area contributed by atoms with Crippen LogP contribution in [-0.2, 0) is 13.1 Å². The quantitative estimate of drug-likeness (QED) is 0.782. The van der Waals surface area contributed by atoms with E-state index in [1.165, 1.54) is 12.8 Å². The van der Waals surface area contributed by atoms with Crippen LogP contribution >= 0.6 is 0 Å². The fourth-order valence-electron chi connectivity index (χ4n) is 2.79. The van der Waals surface area contributed by atoms with Crippen LogP contribution in [0.25, 0.3) is 11.1 Å². The molecule has 1 amide bonds. The van der Waals surface area contributed by atoms with E-state index in [2.05, 4.69) is 9.88 Å². The third kappa shape index (κ3) is 2.52. The summed E-state index contributed by atoms with van der Waals surface area (Å²) < 4.78 is 7.55. The summed E-state index contributed by atoms with van der Waals surface area (Å²) in [5, 5.41) is 3.00. The summed E-state index contributed by atoms with van der Waals surface area (Å²) >= 11 is 0. The maximum Gasteiger partial charge on any atom is 0.268 e. The number of hydrogen-bond donors (Lipinski definition) is 1. The predicted molar refractivity (Wildman–Crippen MR) is 84.5 cm³/mol. The second-order valence-electron chi connectivity index (χ2n) is 5.92. The summed E-state index contributed by atoms with van der Waals surface area (Å²) in [5.74, 6) is 0.655. The lowest BCUT2D eigenvalue weighted by atomic mass is 10.2. The molecular weight excluding hydrogens is 276 g/mol. The minimum absolute atomic E-state index is 0.0455. The molecule has 1 aliphatic rings. The Hall–Kier alpha value is -2.49. The van der Waals surface area contributed by atoms with Crippen molar-refractivity contribution in [1.82, 2.24) is 9.88 Å². The summed E-state index contributed by atoms with van der Waals surface area (Å²) in [6, 6.07) is 13.7. The molecule has 1 aromatic carbocycles. The summed E-state index contributed by atoms with van der Waals surface area (Å²) in [6.45, 7) is 1.44. The number of benzene rings is 1. The average Bonchev–Trinajstić information content (AvgIpc) is 3.13. The lowest BCUT2D eigenvalue weighted by Crippen LogP contribution is -2.25. The number of nitrogens with zero attached hydrogens (tertiary/aromatic N) is 1. The number of amides is 1. The van der Waals surface area contributed by atoms with Crippen molar-refractivity contribution in [3.63, 3.8) is 0 Å². The van der Waals surface area contributed by atoms with E-state index in [0.29, 0.717) is 18.2 Å². The van der Waals surface area contributed by atoms with Crippen LogP contribution in [0.2, 0.25) is 0 Å². The van der Waals surface area contributed by atoms with Crippen LogP contribution in [0.5, 0.6) is 0 Å². The monoisotopic (exact) mass is 294 g/mol. The Kier molecular flexibility index (Phi) is 3.22. The van der Waals surface area contributed by atoms with Gasteiger partial charge in [-0.25, -0.2) is 0 Å². The van der Waals surface area contributed by atoms with Gasteiger partial charge >= 0.3 is 0 Å². The van der Waals surface area contributed by atoms with Crippen molar-refractivity contribution in [2.24, 2.45) is 5.92 Å². The van der Waals surface area contributed by atoms with E-state index in [9.17, 15) is 4.79 Å². The molecular formula is C18H18N2O2. The molecule has 2 heterocycles. The van der Waals surface area contributed by atoms with Crippen LogP contribution in [0.15, 0.2) is 53.1 Å². The Morgan fingerprint density at radius 1 is 1.23 bits per heavy atom. The van der Waals surface area contributed by atoms with Gasteiger partial charge in [-0.3, -0.25) is 4.79 Å². The minimum atomic E-state index is -0.0455. The van der Waals surface area contributed by atoms with E-state index in [1.54, 1.807) is 6.26 Å². The van der Waals surface area contributed by atoms with Crippen molar-refractivity contribution in [3.05, 3.63) is 60.0 Å². The first-order valence-corrected chi connectivity index (χ1v) is 7.70. The molecule has 0 aliphatic heterocycles. The summed E-state index contributed by atoms with van der Waals surface area (Å²) in [4.78, 5) is 12.5. The first-order chi connectivity index (χ1) is 10.8. The van der Waals surface area contributed by atoms with E-state index >= 15 is 0 Å². The van der Waals surface area contributed by atoms with E-state index in [0.717, 1.165) is 23.2 Å². The van der Waals surface area contributed by atoms with Gasteiger partial charge in [0.1, 0.15) is 5.69 Å². The zero-order chi connectivity index (χ0) is 14.9. The molecule has 0 bridgehead atoms. The van der Waals surface area contributed by atoms with Crippen molar-refractivity contribution < 1.29 is 9.21 Å². The van der Waals surface area contributed by atoms with Gasteiger partial charge < -0.3 is 14.3 Å². The standard InChI is InChI=1S/C18H18N2O2/c21-18(19-11-13-4-2-1-3-5-13)16-10-17-15(8-9-22-17)20(16)12-14-6-7-14/h1-5,8-10,14H,6-7,11-12H2,(H,19,21). The first-order valence-electron chi connectivity index (χ1n) is 7.70. The highest BCUT2D eigenvalue weighted by molar-refractivity contribution is 5.97. The van der Waals surface area contributed by atoms with E-state index < -0.39 is 0 Å². The average molecular weight is 294 g/mol. The Balaban J connectivity index is 1.56. The van der Waals surface area contributed by atoms with Gasteiger partial charge in [-0.05, 0) is 24.3 Å². The molecule has 0 saturated heterocycles. The normalized spacial score (nSPS) is 14.4. The highest BCUT2D eigenvalue weighted by Crippen LogP contribution is 2.33. The van der Waals surface area contributed by atoms with Crippen molar-refractivity contribution in [1.29, 1.82) is 0 Å². The molecule has 1 N–H and O–H groups in total. The Labute approximate surface area is 128 Å². The maximum atomic E-state index is 12.5. The van der Waals surface area contributed by atoms with E-state index in [1.807, 2.05) is 42.5 Å². The van der Waals surface area contributed by atoms with Gasteiger partial charge in [-0.2, -0.15) is 0 Å². The molecule has 22 heavy (non-hydrogen) atoms. The highest BCUT2D eigenvalue weighted by atomic mass is 16.3. The smallest absolute Gasteiger partial charge is 0.268 e. The largest absolute Gasteiger partial charge is 0.463 e. The van der Waals surface area contributed by atoms with Crippen LogP contribution in [0.1, 0.15) is 28.9 Å². The molecule has 1 aliphatic carbocycles. The SMILES string of the molecule is O=C(NCc1ccccc1)c1cc2occc2n1CC1CC1. The Morgan fingerprint density at radius 2 is 2.05 bits per heavy atom. The molecule has 0 spiro atoms. The molecule has 2 aromatic heterocycles. The number of fused-ring (bicyclic) bond motifs is 1. The number of carbonyl (C=O) groups excluding carboxylic acids is 1. The second-order valence-corrected chi connectivity index (χ2v) is 5.92. The van der Waals surface area contributed by atoms with Gasteiger partial charge in [0.05, 0.1) is 11.8 Å². The molecule has 3 aromatic rings. The molecule has 4 rings (SSSR count). The van der Waals surface area contributed by atoms with Crippen LogP contribution < -0.4 is 5.32 Å². The van der Waals surface area contributed by atoms with Gasteiger partial charge in [-0.15, -0.1) is 0 Å². The molecule has 0 atom stereocenters. The van der Waals surface area contributed by atoms with Crippen LogP contribution in [0, 0.1) is 5.92 Å². The predicted octanol–water partition coefficient (Wildman–Crippen LogP) is 3.57. The van der Waals surface area contributed by atoms with Gasteiger partial charge in [-0.1, -0.05) is 30.3 Å². The fraction of sp³-hybridized carbons (Fsp3) is 0.278. The third-order valence-corrected chi connectivity index (χ3v) is 4.19. The second kappa shape index (κ2) is 5.37. The summed E-state index contributed by atoms with van der Waals surface area (Å²) in [6.07, 6.45) is 4.19. The van der Waals surface area contributed by atoms with Crippen LogP contribution in [0.3, 0.4) is 0 Å². The maximum absolute atomic E-state index is 12.5.